The number of fused-ring (bicyclic) bond motifs is 1. The summed E-state index contributed by atoms with van der Waals surface area (Å²) in [7, 11) is 1.66. The van der Waals surface area contributed by atoms with Gasteiger partial charge in [0.2, 0.25) is 0 Å². The van der Waals surface area contributed by atoms with Crippen molar-refractivity contribution in [3.8, 4) is 5.69 Å². The number of carbonyl (C=O) groups excluding carboxylic acids is 1. The smallest absolute Gasteiger partial charge is 0.338 e. The summed E-state index contributed by atoms with van der Waals surface area (Å²) in [6.07, 6.45) is 1.66. The van der Waals surface area contributed by atoms with E-state index in [1.807, 2.05) is 0 Å². The van der Waals surface area contributed by atoms with Crippen LogP contribution in [0.15, 0.2) is 76.4 Å². The number of anilines is 2. The quantitative estimate of drug-likeness (QED) is 0.503. The lowest BCUT2D eigenvalue weighted by atomic mass is 10.1. The van der Waals surface area contributed by atoms with E-state index < -0.39 is 5.97 Å². The van der Waals surface area contributed by atoms with Gasteiger partial charge in [-0.15, -0.1) is 5.10 Å². The number of pyridine rings is 1. The molecule has 0 amide bonds. The summed E-state index contributed by atoms with van der Waals surface area (Å²) in [6, 6.07) is 16.9. The van der Waals surface area contributed by atoms with Crippen molar-refractivity contribution in [2.45, 2.75) is 6.92 Å². The molecule has 2 heterocycles. The number of esters is 1. The molecule has 0 saturated heterocycles. The van der Waals surface area contributed by atoms with Crippen LogP contribution in [-0.4, -0.2) is 26.9 Å². The maximum absolute atomic E-state index is 13.1. The zero-order valence-electron chi connectivity index (χ0n) is 17.0. The molecule has 0 saturated carbocycles. The lowest BCUT2D eigenvalue weighted by Gasteiger charge is -2.13. The first-order valence-corrected chi connectivity index (χ1v) is 9.72. The van der Waals surface area contributed by atoms with Crippen LogP contribution in [0, 0.1) is 0 Å². The highest BCUT2D eigenvalue weighted by molar-refractivity contribution is 5.93. The number of ether oxygens (including phenoxy) is 1. The Morgan fingerprint density at radius 1 is 0.968 bits per heavy atom. The number of hydrogen-bond acceptors (Lipinski definition) is 6. The molecule has 0 aliphatic carbocycles. The molecule has 0 radical (unpaired) electrons. The minimum Gasteiger partial charge on any atom is -0.462 e. The van der Waals surface area contributed by atoms with E-state index in [0.717, 1.165) is 0 Å². The van der Waals surface area contributed by atoms with Gasteiger partial charge in [-0.3, -0.25) is 9.59 Å². The van der Waals surface area contributed by atoms with Crippen molar-refractivity contribution in [3.63, 3.8) is 0 Å². The predicted molar refractivity (Wildman–Crippen MR) is 118 cm³/mol. The lowest BCUT2D eigenvalue weighted by molar-refractivity contribution is 0.0526. The van der Waals surface area contributed by atoms with Gasteiger partial charge in [-0.1, -0.05) is 18.2 Å². The topological polar surface area (TPSA) is 95.2 Å². The van der Waals surface area contributed by atoms with Crippen molar-refractivity contribution in [2.75, 3.05) is 11.9 Å². The maximum Gasteiger partial charge on any atom is 0.338 e. The summed E-state index contributed by atoms with van der Waals surface area (Å²) < 4.78 is 7.69. The van der Waals surface area contributed by atoms with Crippen molar-refractivity contribution in [3.05, 3.63) is 93.1 Å². The third-order valence-corrected chi connectivity index (χ3v) is 4.80. The van der Waals surface area contributed by atoms with Crippen LogP contribution in [0.1, 0.15) is 17.3 Å². The molecule has 0 spiro atoms. The van der Waals surface area contributed by atoms with Crippen molar-refractivity contribution in [1.82, 2.24) is 14.3 Å². The van der Waals surface area contributed by atoms with Crippen LogP contribution in [0.5, 0.6) is 0 Å². The largest absolute Gasteiger partial charge is 0.462 e. The standard InChI is InChI=1S/C23H20N4O4/c1-3-31-23(30)15-10-12-16(13-11-15)27-21(28)18-8-5-4-7-17(18)20(25-27)24-19-9-6-14-26(2)22(19)29/h4-14H,3H2,1-2H3,(H,24,25). The highest BCUT2D eigenvalue weighted by Crippen LogP contribution is 2.22. The second-order valence-electron chi connectivity index (χ2n) is 6.84. The summed E-state index contributed by atoms with van der Waals surface area (Å²) in [5, 5.41) is 8.58. The number of hydrogen-bond donors (Lipinski definition) is 1. The molecule has 156 valence electrons. The van der Waals surface area contributed by atoms with E-state index >= 15 is 0 Å². The van der Waals surface area contributed by atoms with E-state index in [4.69, 9.17) is 4.74 Å². The number of aryl methyl sites for hydroxylation is 1. The van der Waals surface area contributed by atoms with Crippen molar-refractivity contribution in [1.29, 1.82) is 0 Å². The van der Waals surface area contributed by atoms with Crippen molar-refractivity contribution < 1.29 is 9.53 Å². The van der Waals surface area contributed by atoms with Crippen molar-refractivity contribution in [2.24, 2.45) is 7.05 Å². The van der Waals surface area contributed by atoms with Gasteiger partial charge >= 0.3 is 5.97 Å². The number of nitrogens with zero attached hydrogens (tertiary/aromatic N) is 3. The average Bonchev–Trinajstić information content (AvgIpc) is 2.79. The Hall–Kier alpha value is -4.20. The molecule has 0 aliphatic heterocycles. The molecular formula is C23H20N4O4. The Morgan fingerprint density at radius 3 is 2.39 bits per heavy atom. The van der Waals surface area contributed by atoms with Crippen LogP contribution in [0.2, 0.25) is 0 Å². The molecule has 0 bridgehead atoms. The van der Waals surface area contributed by atoms with Gasteiger partial charge < -0.3 is 14.6 Å². The fourth-order valence-electron chi connectivity index (χ4n) is 3.23. The van der Waals surface area contributed by atoms with Crippen LogP contribution in [0.3, 0.4) is 0 Å². The van der Waals surface area contributed by atoms with Crippen LogP contribution in [0.4, 0.5) is 11.5 Å². The average molecular weight is 416 g/mol. The van der Waals surface area contributed by atoms with E-state index in [2.05, 4.69) is 10.4 Å². The summed E-state index contributed by atoms with van der Waals surface area (Å²) in [6.45, 7) is 2.01. The summed E-state index contributed by atoms with van der Waals surface area (Å²) in [4.78, 5) is 37.4. The van der Waals surface area contributed by atoms with Crippen LogP contribution in [0.25, 0.3) is 16.5 Å². The highest BCUT2D eigenvalue weighted by Gasteiger charge is 2.14. The molecule has 0 unspecified atom stereocenters. The summed E-state index contributed by atoms with van der Waals surface area (Å²) >= 11 is 0. The zero-order valence-corrected chi connectivity index (χ0v) is 17.0. The lowest BCUT2D eigenvalue weighted by Crippen LogP contribution is -2.24. The summed E-state index contributed by atoms with van der Waals surface area (Å²) in [5.74, 6) is -0.0666. The zero-order chi connectivity index (χ0) is 22.0. The molecule has 0 aliphatic rings. The van der Waals surface area contributed by atoms with E-state index in [1.165, 1.54) is 9.25 Å². The van der Waals surface area contributed by atoms with Gasteiger partial charge in [0.1, 0.15) is 5.69 Å². The first-order chi connectivity index (χ1) is 15.0. The van der Waals surface area contributed by atoms with Gasteiger partial charge in [0.15, 0.2) is 5.82 Å². The Kier molecular flexibility index (Phi) is 5.36. The Bertz CT molecular complexity index is 1390. The number of rotatable bonds is 5. The fourth-order valence-corrected chi connectivity index (χ4v) is 3.23. The highest BCUT2D eigenvalue weighted by atomic mass is 16.5. The molecule has 4 rings (SSSR count). The molecule has 31 heavy (non-hydrogen) atoms. The number of aromatic nitrogens is 3. The SMILES string of the molecule is CCOC(=O)c1ccc(-n2nc(Nc3cccn(C)c3=O)c3ccccc3c2=O)cc1. The van der Waals surface area contributed by atoms with Gasteiger partial charge in [0.05, 0.1) is 23.2 Å². The van der Waals surface area contributed by atoms with Crippen LogP contribution >= 0.6 is 0 Å². The normalized spacial score (nSPS) is 10.8. The second-order valence-corrected chi connectivity index (χ2v) is 6.84. The predicted octanol–water partition coefficient (Wildman–Crippen LogP) is 3.00. The van der Waals surface area contributed by atoms with Gasteiger partial charge in [-0.25, -0.2) is 4.79 Å². The number of carbonyl (C=O) groups is 1. The Morgan fingerprint density at radius 2 is 1.68 bits per heavy atom. The second kappa shape index (κ2) is 8.27. The van der Waals surface area contributed by atoms with Crippen LogP contribution < -0.4 is 16.4 Å². The van der Waals surface area contributed by atoms with Gasteiger partial charge in [-0.05, 0) is 49.4 Å². The molecule has 8 nitrogen and oxygen atoms in total. The number of nitrogens with one attached hydrogen (secondary N) is 1. The summed E-state index contributed by atoms with van der Waals surface area (Å²) in [5.41, 5.74) is 0.666. The third kappa shape index (κ3) is 3.83. The molecule has 2 aromatic heterocycles. The fraction of sp³-hybridized carbons (Fsp3) is 0.130. The first-order valence-electron chi connectivity index (χ1n) is 9.72. The first kappa shape index (κ1) is 20.1. The van der Waals surface area contributed by atoms with E-state index in [1.54, 1.807) is 80.8 Å². The molecular weight excluding hydrogens is 396 g/mol. The molecule has 2 aromatic carbocycles. The number of benzene rings is 2. The minimum absolute atomic E-state index is 0.218. The molecule has 0 atom stereocenters. The molecule has 4 aromatic rings. The molecule has 8 heteroatoms. The maximum atomic E-state index is 13.1. The van der Waals surface area contributed by atoms with Gasteiger partial charge in [0.25, 0.3) is 11.1 Å². The monoisotopic (exact) mass is 416 g/mol. The Labute approximate surface area is 177 Å². The van der Waals surface area contributed by atoms with Gasteiger partial charge in [0, 0.05) is 18.6 Å². The van der Waals surface area contributed by atoms with E-state index in [0.29, 0.717) is 33.5 Å². The third-order valence-electron chi connectivity index (χ3n) is 4.80. The van der Waals surface area contributed by atoms with E-state index in [-0.39, 0.29) is 17.7 Å². The van der Waals surface area contributed by atoms with Crippen molar-refractivity contribution >= 4 is 28.2 Å². The van der Waals surface area contributed by atoms with Crippen LogP contribution in [-0.2, 0) is 11.8 Å². The molecule has 1 N–H and O–H groups in total. The minimum atomic E-state index is -0.435. The molecule has 0 fully saturated rings. The van der Waals surface area contributed by atoms with E-state index in [9.17, 15) is 14.4 Å². The Balaban J connectivity index is 1.84. The van der Waals surface area contributed by atoms with Gasteiger partial charge in [-0.2, -0.15) is 4.68 Å².